The van der Waals surface area contributed by atoms with E-state index in [2.05, 4.69) is 15.8 Å². The first-order valence-electron chi connectivity index (χ1n) is 6.08. The van der Waals surface area contributed by atoms with Gasteiger partial charge in [-0.15, -0.1) is 0 Å². The van der Waals surface area contributed by atoms with Crippen LogP contribution in [0, 0.1) is 0 Å². The lowest BCUT2D eigenvalue weighted by Crippen LogP contribution is -2.36. The van der Waals surface area contributed by atoms with Crippen molar-refractivity contribution in [1.82, 2.24) is 10.6 Å². The Bertz CT molecular complexity index is 447. The Hall–Kier alpha value is -2.48. The molecule has 1 aromatic rings. The highest BCUT2D eigenvalue weighted by atomic mass is 16.5. The van der Waals surface area contributed by atoms with E-state index >= 15 is 0 Å². The number of ether oxygens (including phenoxy) is 1. The number of benzene rings is 1. The molecule has 0 unspecified atom stereocenters. The number of carbonyl (C=O) groups excluding carboxylic acids is 1. The summed E-state index contributed by atoms with van der Waals surface area (Å²) in [6.45, 7) is 2.22. The van der Waals surface area contributed by atoms with E-state index in [1.165, 1.54) is 0 Å². The minimum atomic E-state index is -0.533. The molecule has 0 heterocycles. The maximum Gasteiger partial charge on any atom is 0.312 e. The largest absolute Gasteiger partial charge is 0.492 e. The third-order valence-electron chi connectivity index (χ3n) is 2.41. The molecule has 0 saturated carbocycles. The van der Waals surface area contributed by atoms with Crippen molar-refractivity contribution in [3.05, 3.63) is 29.8 Å². The Morgan fingerprint density at radius 1 is 1.20 bits per heavy atom. The van der Waals surface area contributed by atoms with E-state index in [1.807, 2.05) is 0 Å². The SMILES string of the molecule is NC(=O)NCCNCCOc1ccc(/C(N)=N/O)cc1. The van der Waals surface area contributed by atoms with Gasteiger partial charge in [-0.2, -0.15) is 0 Å². The second-order valence-corrected chi connectivity index (χ2v) is 3.90. The van der Waals surface area contributed by atoms with Crippen LogP contribution in [0.15, 0.2) is 29.4 Å². The van der Waals surface area contributed by atoms with Gasteiger partial charge in [-0.3, -0.25) is 0 Å². The van der Waals surface area contributed by atoms with Crippen molar-refractivity contribution in [2.45, 2.75) is 0 Å². The van der Waals surface area contributed by atoms with Gasteiger partial charge in [-0.1, -0.05) is 5.16 Å². The summed E-state index contributed by atoms with van der Waals surface area (Å²) in [6, 6.07) is 6.35. The molecule has 0 aliphatic carbocycles. The average molecular weight is 281 g/mol. The maximum absolute atomic E-state index is 10.4. The molecule has 1 aromatic carbocycles. The highest BCUT2D eigenvalue weighted by molar-refractivity contribution is 5.97. The van der Waals surface area contributed by atoms with Gasteiger partial charge in [0.25, 0.3) is 0 Å². The van der Waals surface area contributed by atoms with Gasteiger partial charge in [-0.05, 0) is 24.3 Å². The maximum atomic E-state index is 10.4. The second-order valence-electron chi connectivity index (χ2n) is 3.90. The van der Waals surface area contributed by atoms with Crippen molar-refractivity contribution < 1.29 is 14.7 Å². The number of hydrogen-bond donors (Lipinski definition) is 5. The number of rotatable bonds is 8. The van der Waals surface area contributed by atoms with Crippen LogP contribution in [0.25, 0.3) is 0 Å². The van der Waals surface area contributed by atoms with Gasteiger partial charge in [0.2, 0.25) is 0 Å². The van der Waals surface area contributed by atoms with Gasteiger partial charge >= 0.3 is 6.03 Å². The number of primary amides is 1. The number of nitrogens with one attached hydrogen (secondary N) is 2. The summed E-state index contributed by atoms with van der Waals surface area (Å²) in [5.74, 6) is 0.747. The standard InChI is InChI=1S/C12H19N5O3/c13-11(17-19)9-1-3-10(4-2-9)20-8-7-15-5-6-16-12(14)18/h1-4,15,19H,5-8H2,(H2,13,17)(H3,14,16,18). The molecule has 0 saturated heterocycles. The van der Waals surface area contributed by atoms with Crippen LogP contribution < -0.4 is 26.8 Å². The second kappa shape index (κ2) is 8.59. The molecule has 0 fully saturated rings. The van der Waals surface area contributed by atoms with Crippen LogP contribution >= 0.6 is 0 Å². The number of nitrogens with two attached hydrogens (primary N) is 2. The zero-order valence-electron chi connectivity index (χ0n) is 11.0. The Balaban J connectivity index is 2.18. The average Bonchev–Trinajstić information content (AvgIpc) is 2.45. The minimum absolute atomic E-state index is 0.0557. The Morgan fingerprint density at radius 2 is 1.90 bits per heavy atom. The number of urea groups is 1. The first kappa shape index (κ1) is 15.6. The summed E-state index contributed by atoms with van der Waals surface area (Å²) >= 11 is 0. The van der Waals surface area contributed by atoms with E-state index in [4.69, 9.17) is 21.4 Å². The Morgan fingerprint density at radius 3 is 2.50 bits per heavy atom. The van der Waals surface area contributed by atoms with E-state index in [9.17, 15) is 4.79 Å². The van der Waals surface area contributed by atoms with Crippen LogP contribution in [0.5, 0.6) is 5.75 Å². The van der Waals surface area contributed by atoms with Crippen molar-refractivity contribution in [3.8, 4) is 5.75 Å². The highest BCUT2D eigenvalue weighted by Crippen LogP contribution is 2.11. The summed E-state index contributed by atoms with van der Waals surface area (Å²) in [4.78, 5) is 10.4. The quantitative estimate of drug-likeness (QED) is 0.143. The molecule has 8 nitrogen and oxygen atoms in total. The fraction of sp³-hybridized carbons (Fsp3) is 0.333. The molecule has 20 heavy (non-hydrogen) atoms. The molecular formula is C12H19N5O3. The lowest BCUT2D eigenvalue weighted by molar-refractivity contribution is 0.249. The van der Waals surface area contributed by atoms with E-state index < -0.39 is 6.03 Å². The molecule has 1 rings (SSSR count). The van der Waals surface area contributed by atoms with Gasteiger partial charge in [0, 0.05) is 25.2 Å². The Labute approximate surface area is 116 Å². The number of nitrogens with zero attached hydrogens (tertiary/aromatic N) is 1. The number of amides is 2. The fourth-order valence-electron chi connectivity index (χ4n) is 1.42. The predicted octanol–water partition coefficient (Wildman–Crippen LogP) is -0.582. The summed E-state index contributed by atoms with van der Waals surface area (Å²) in [5, 5.41) is 17.0. The minimum Gasteiger partial charge on any atom is -0.492 e. The molecular weight excluding hydrogens is 262 g/mol. The Kier molecular flexibility index (Phi) is 6.69. The molecule has 0 aliphatic heterocycles. The van der Waals surface area contributed by atoms with Crippen LogP contribution in [0.2, 0.25) is 0 Å². The molecule has 0 aromatic heterocycles. The zero-order valence-corrected chi connectivity index (χ0v) is 11.0. The molecule has 0 aliphatic rings. The molecule has 7 N–H and O–H groups in total. The summed E-state index contributed by atoms with van der Waals surface area (Å²) < 4.78 is 5.48. The number of carbonyl (C=O) groups is 1. The fourth-order valence-corrected chi connectivity index (χ4v) is 1.42. The van der Waals surface area contributed by atoms with E-state index in [0.717, 1.165) is 0 Å². The molecule has 0 bridgehead atoms. The highest BCUT2D eigenvalue weighted by Gasteiger charge is 1.99. The lowest BCUT2D eigenvalue weighted by Gasteiger charge is -2.08. The van der Waals surface area contributed by atoms with E-state index in [1.54, 1.807) is 24.3 Å². The van der Waals surface area contributed by atoms with E-state index in [-0.39, 0.29) is 5.84 Å². The van der Waals surface area contributed by atoms with E-state index in [0.29, 0.717) is 37.6 Å². The van der Waals surface area contributed by atoms with Gasteiger partial charge in [-0.25, -0.2) is 4.79 Å². The third-order valence-corrected chi connectivity index (χ3v) is 2.41. The molecule has 0 spiro atoms. The molecule has 110 valence electrons. The van der Waals surface area contributed by atoms with Crippen LogP contribution in [-0.4, -0.2) is 43.3 Å². The summed E-state index contributed by atoms with van der Waals surface area (Å²) in [5.41, 5.74) is 11.0. The van der Waals surface area contributed by atoms with Gasteiger partial charge in [0.05, 0.1) is 0 Å². The monoisotopic (exact) mass is 281 g/mol. The third kappa shape index (κ3) is 5.91. The van der Waals surface area contributed by atoms with Gasteiger partial charge in [0.1, 0.15) is 12.4 Å². The van der Waals surface area contributed by atoms with Crippen molar-refractivity contribution >= 4 is 11.9 Å². The number of amidine groups is 1. The van der Waals surface area contributed by atoms with Crippen molar-refractivity contribution in [2.75, 3.05) is 26.2 Å². The van der Waals surface area contributed by atoms with Crippen molar-refractivity contribution in [3.63, 3.8) is 0 Å². The normalized spacial score (nSPS) is 11.1. The molecule has 0 radical (unpaired) electrons. The smallest absolute Gasteiger partial charge is 0.312 e. The van der Waals surface area contributed by atoms with Crippen LogP contribution in [0.3, 0.4) is 0 Å². The van der Waals surface area contributed by atoms with Gasteiger partial charge in [0.15, 0.2) is 5.84 Å². The van der Waals surface area contributed by atoms with Gasteiger partial charge < -0.3 is 32.0 Å². The molecule has 8 heteroatoms. The van der Waals surface area contributed by atoms with Crippen molar-refractivity contribution in [1.29, 1.82) is 0 Å². The predicted molar refractivity (Wildman–Crippen MR) is 74.9 cm³/mol. The molecule has 2 amide bonds. The summed E-state index contributed by atoms with van der Waals surface area (Å²) in [6.07, 6.45) is 0. The van der Waals surface area contributed by atoms with Crippen molar-refractivity contribution in [2.24, 2.45) is 16.6 Å². The summed E-state index contributed by atoms with van der Waals surface area (Å²) in [7, 11) is 0. The first-order chi connectivity index (χ1) is 9.63. The van der Waals surface area contributed by atoms with Crippen LogP contribution in [-0.2, 0) is 0 Å². The number of hydrogen-bond acceptors (Lipinski definition) is 5. The van der Waals surface area contributed by atoms with Crippen LogP contribution in [0.1, 0.15) is 5.56 Å². The molecule has 0 atom stereocenters. The lowest BCUT2D eigenvalue weighted by atomic mass is 10.2. The first-order valence-corrected chi connectivity index (χ1v) is 6.08. The number of oxime groups is 1. The topological polar surface area (TPSA) is 135 Å². The van der Waals surface area contributed by atoms with Crippen LogP contribution in [0.4, 0.5) is 4.79 Å². The zero-order chi connectivity index (χ0) is 14.8.